The summed E-state index contributed by atoms with van der Waals surface area (Å²) in [6, 6.07) is 16.1. The Labute approximate surface area is 187 Å². The van der Waals surface area contributed by atoms with Crippen molar-refractivity contribution in [1.82, 2.24) is 15.6 Å². The fourth-order valence-corrected chi connectivity index (χ4v) is 3.37. The highest BCUT2D eigenvalue weighted by Gasteiger charge is 2.04. The second-order valence-electron chi connectivity index (χ2n) is 6.08. The first-order chi connectivity index (χ1) is 13.2. The molecule has 0 unspecified atom stereocenters. The molecule has 0 atom stereocenters. The first-order valence-electron chi connectivity index (χ1n) is 8.84. The van der Waals surface area contributed by atoms with Crippen molar-refractivity contribution in [2.24, 2.45) is 4.99 Å². The van der Waals surface area contributed by atoms with Gasteiger partial charge >= 0.3 is 0 Å². The third kappa shape index (κ3) is 6.79. The fraction of sp³-hybridized carbons (Fsp3) is 0.238. The van der Waals surface area contributed by atoms with E-state index in [0.717, 1.165) is 23.6 Å². The highest BCUT2D eigenvalue weighted by Crippen LogP contribution is 2.15. The van der Waals surface area contributed by atoms with Crippen LogP contribution >= 0.6 is 35.3 Å². The van der Waals surface area contributed by atoms with Gasteiger partial charge in [0.15, 0.2) is 5.96 Å². The van der Waals surface area contributed by atoms with Gasteiger partial charge in [-0.25, -0.2) is 4.98 Å². The van der Waals surface area contributed by atoms with Gasteiger partial charge < -0.3 is 15.4 Å². The van der Waals surface area contributed by atoms with Crippen molar-refractivity contribution in [2.45, 2.75) is 26.6 Å². The molecule has 1 aromatic carbocycles. The predicted octanol–water partition coefficient (Wildman–Crippen LogP) is 4.51. The van der Waals surface area contributed by atoms with Crippen LogP contribution in [-0.2, 0) is 19.7 Å². The SMILES string of the molecule is CN=C(NCc1ccnc(OCc2ccccc2)c1)NCc1sccc1C.I. The van der Waals surface area contributed by atoms with Crippen LogP contribution in [0.2, 0.25) is 0 Å². The molecule has 5 nitrogen and oxygen atoms in total. The largest absolute Gasteiger partial charge is 0.473 e. The van der Waals surface area contributed by atoms with Gasteiger partial charge in [0.25, 0.3) is 0 Å². The molecule has 2 N–H and O–H groups in total. The van der Waals surface area contributed by atoms with Crippen molar-refractivity contribution < 1.29 is 4.74 Å². The van der Waals surface area contributed by atoms with Crippen LogP contribution in [0.25, 0.3) is 0 Å². The number of benzene rings is 1. The summed E-state index contributed by atoms with van der Waals surface area (Å²) >= 11 is 1.75. The Kier molecular flexibility index (Phi) is 9.22. The van der Waals surface area contributed by atoms with E-state index in [1.807, 2.05) is 42.5 Å². The molecule has 2 aromatic heterocycles. The monoisotopic (exact) mass is 508 g/mol. The number of aromatic nitrogens is 1. The number of aliphatic imine (C=N–C) groups is 1. The van der Waals surface area contributed by atoms with Gasteiger partial charge in [0, 0.05) is 30.7 Å². The van der Waals surface area contributed by atoms with Crippen LogP contribution in [0.15, 0.2) is 65.1 Å². The van der Waals surface area contributed by atoms with Crippen molar-refractivity contribution >= 4 is 41.3 Å². The third-order valence-electron chi connectivity index (χ3n) is 4.10. The number of guanidine groups is 1. The van der Waals surface area contributed by atoms with Crippen LogP contribution in [0.3, 0.4) is 0 Å². The number of nitrogens with zero attached hydrogens (tertiary/aromatic N) is 2. The van der Waals surface area contributed by atoms with Gasteiger partial charge in [-0.1, -0.05) is 30.3 Å². The lowest BCUT2D eigenvalue weighted by molar-refractivity contribution is 0.293. The van der Waals surface area contributed by atoms with Crippen molar-refractivity contribution in [3.63, 3.8) is 0 Å². The number of nitrogens with one attached hydrogen (secondary N) is 2. The molecule has 0 bridgehead atoms. The lowest BCUT2D eigenvalue weighted by Gasteiger charge is -2.12. The molecule has 0 amide bonds. The van der Waals surface area contributed by atoms with E-state index in [4.69, 9.17) is 4.74 Å². The summed E-state index contributed by atoms with van der Waals surface area (Å²) in [6.45, 7) is 4.05. The summed E-state index contributed by atoms with van der Waals surface area (Å²) in [5.74, 6) is 1.39. The summed E-state index contributed by atoms with van der Waals surface area (Å²) in [4.78, 5) is 9.89. The number of halogens is 1. The highest BCUT2D eigenvalue weighted by molar-refractivity contribution is 14.0. The van der Waals surface area contributed by atoms with Crippen LogP contribution in [0.1, 0.15) is 21.6 Å². The minimum atomic E-state index is 0. The molecule has 148 valence electrons. The molecule has 0 saturated heterocycles. The number of hydrogen-bond acceptors (Lipinski definition) is 4. The van der Waals surface area contributed by atoms with Crippen LogP contribution in [-0.4, -0.2) is 18.0 Å². The Balaban J connectivity index is 0.00000280. The Morgan fingerprint density at radius 2 is 1.86 bits per heavy atom. The molecule has 28 heavy (non-hydrogen) atoms. The Hall–Kier alpha value is -2.13. The zero-order valence-corrected chi connectivity index (χ0v) is 19.2. The number of aryl methyl sites for hydroxylation is 1. The molecular formula is C21H25IN4OS. The molecule has 0 aliphatic heterocycles. The van der Waals surface area contributed by atoms with Gasteiger partial charge in [-0.3, -0.25) is 4.99 Å². The highest BCUT2D eigenvalue weighted by atomic mass is 127. The molecule has 0 fully saturated rings. The van der Waals surface area contributed by atoms with Gasteiger partial charge in [0.2, 0.25) is 5.88 Å². The Morgan fingerprint density at radius 3 is 2.57 bits per heavy atom. The topological polar surface area (TPSA) is 58.5 Å². The smallest absolute Gasteiger partial charge is 0.213 e. The minimum absolute atomic E-state index is 0. The first kappa shape index (κ1) is 22.2. The van der Waals surface area contributed by atoms with Crippen molar-refractivity contribution in [3.05, 3.63) is 81.7 Å². The van der Waals surface area contributed by atoms with Crippen LogP contribution in [0.4, 0.5) is 0 Å². The number of ether oxygens (including phenoxy) is 1. The van der Waals surface area contributed by atoms with E-state index in [2.05, 4.69) is 39.0 Å². The third-order valence-corrected chi connectivity index (χ3v) is 5.12. The quantitative estimate of drug-likeness (QED) is 0.280. The Morgan fingerprint density at radius 1 is 1.07 bits per heavy atom. The van der Waals surface area contributed by atoms with Gasteiger partial charge in [0.05, 0.1) is 6.54 Å². The zero-order chi connectivity index (χ0) is 18.9. The number of thiophene rings is 1. The van der Waals surface area contributed by atoms with Crippen molar-refractivity contribution in [2.75, 3.05) is 7.05 Å². The molecule has 0 aliphatic rings. The second-order valence-corrected chi connectivity index (χ2v) is 7.08. The first-order valence-corrected chi connectivity index (χ1v) is 9.71. The van der Waals surface area contributed by atoms with Crippen molar-refractivity contribution in [3.8, 4) is 5.88 Å². The molecule has 0 spiro atoms. The van der Waals surface area contributed by atoms with Crippen LogP contribution < -0.4 is 15.4 Å². The van der Waals surface area contributed by atoms with Gasteiger partial charge in [-0.15, -0.1) is 35.3 Å². The summed E-state index contributed by atoms with van der Waals surface area (Å²) in [5.41, 5.74) is 3.51. The number of rotatable bonds is 7. The fourth-order valence-electron chi connectivity index (χ4n) is 2.53. The van der Waals surface area contributed by atoms with E-state index in [-0.39, 0.29) is 24.0 Å². The van der Waals surface area contributed by atoms with Gasteiger partial charge in [0.1, 0.15) is 6.61 Å². The zero-order valence-electron chi connectivity index (χ0n) is 16.0. The lowest BCUT2D eigenvalue weighted by atomic mass is 10.2. The number of hydrogen-bond donors (Lipinski definition) is 2. The van der Waals surface area contributed by atoms with E-state index < -0.39 is 0 Å². The summed E-state index contributed by atoms with van der Waals surface area (Å²) in [6.07, 6.45) is 1.77. The van der Waals surface area contributed by atoms with Gasteiger partial charge in [-0.2, -0.15) is 0 Å². The van der Waals surface area contributed by atoms with Crippen molar-refractivity contribution in [1.29, 1.82) is 0 Å². The normalized spacial score (nSPS) is 10.9. The summed E-state index contributed by atoms with van der Waals surface area (Å²) in [7, 11) is 1.78. The van der Waals surface area contributed by atoms with E-state index in [1.54, 1.807) is 24.6 Å². The molecular weight excluding hydrogens is 483 g/mol. The maximum Gasteiger partial charge on any atom is 0.213 e. The van der Waals surface area contributed by atoms with E-state index >= 15 is 0 Å². The minimum Gasteiger partial charge on any atom is -0.473 e. The number of pyridine rings is 1. The second kappa shape index (κ2) is 11.7. The Bertz CT molecular complexity index is 883. The maximum absolute atomic E-state index is 5.79. The van der Waals surface area contributed by atoms with Crippen LogP contribution in [0, 0.1) is 6.92 Å². The average molecular weight is 508 g/mol. The van der Waals surface area contributed by atoms with E-state index in [0.29, 0.717) is 19.0 Å². The van der Waals surface area contributed by atoms with E-state index in [1.165, 1.54) is 10.4 Å². The van der Waals surface area contributed by atoms with Crippen LogP contribution in [0.5, 0.6) is 5.88 Å². The molecule has 3 aromatic rings. The summed E-state index contributed by atoms with van der Waals surface area (Å²) in [5, 5.41) is 8.78. The molecule has 7 heteroatoms. The summed E-state index contributed by atoms with van der Waals surface area (Å²) < 4.78 is 5.79. The molecule has 0 saturated carbocycles. The lowest BCUT2D eigenvalue weighted by Crippen LogP contribution is -2.36. The molecule has 2 heterocycles. The standard InChI is InChI=1S/C21H24N4OS.HI/c1-16-9-11-27-19(16)14-25-21(22-2)24-13-18-8-10-23-20(12-18)26-15-17-6-4-3-5-7-17;/h3-12H,13-15H2,1-2H3,(H2,22,24,25);1H. The molecule has 0 aliphatic carbocycles. The van der Waals surface area contributed by atoms with E-state index in [9.17, 15) is 0 Å². The predicted molar refractivity (Wildman–Crippen MR) is 127 cm³/mol. The molecule has 0 radical (unpaired) electrons. The maximum atomic E-state index is 5.79. The van der Waals surface area contributed by atoms with Gasteiger partial charge in [-0.05, 0) is 41.1 Å². The average Bonchev–Trinajstić information content (AvgIpc) is 3.12. The molecule has 3 rings (SSSR count).